The van der Waals surface area contributed by atoms with E-state index in [1.54, 1.807) is 62.3 Å². The summed E-state index contributed by atoms with van der Waals surface area (Å²) < 4.78 is 16.0. The molecule has 0 aromatic carbocycles. The molecule has 196 valence electrons. The maximum absolute atomic E-state index is 12.7. The van der Waals surface area contributed by atoms with Crippen LogP contribution in [0.25, 0.3) is 0 Å². The fourth-order valence-corrected chi connectivity index (χ4v) is 2.60. The molecule has 0 saturated heterocycles. The summed E-state index contributed by atoms with van der Waals surface area (Å²) in [5, 5.41) is 4.94. The van der Waals surface area contributed by atoms with Crippen LogP contribution in [0.5, 0.6) is 0 Å². The van der Waals surface area contributed by atoms with E-state index >= 15 is 0 Å². The second kappa shape index (κ2) is 12.7. The van der Waals surface area contributed by atoms with Crippen molar-refractivity contribution < 1.29 is 38.2 Å². The van der Waals surface area contributed by atoms with Crippen LogP contribution in [0.4, 0.5) is 4.79 Å². The monoisotopic (exact) mass is 486 g/mol. The summed E-state index contributed by atoms with van der Waals surface area (Å²) in [6, 6.07) is -3.11. The fourth-order valence-electron chi connectivity index (χ4n) is 2.60. The molecule has 0 bridgehead atoms. The van der Waals surface area contributed by atoms with Crippen molar-refractivity contribution in [1.82, 2.24) is 10.6 Å². The molecular formula is C24H42N2O8. The van der Waals surface area contributed by atoms with Crippen molar-refractivity contribution in [3.63, 3.8) is 0 Å². The van der Waals surface area contributed by atoms with E-state index in [1.165, 1.54) is 6.92 Å². The van der Waals surface area contributed by atoms with E-state index in [9.17, 15) is 24.0 Å². The standard InChI is InChI=1S/C24H42N2O8/c1-15(27)11-12-16(19(29)33-23(5,6)7)25-21(31)26-17(20(30)34-24(8,9)10)13-14-18(28)32-22(2,3)4/h16-17H,11-14H2,1-10H3,(H2,25,26,31)/t16-,17-/m0/s1. The molecule has 0 aliphatic rings. The predicted molar refractivity (Wildman–Crippen MR) is 126 cm³/mol. The molecule has 0 rings (SSSR count). The minimum atomic E-state index is -1.17. The number of carbonyl (C=O) groups excluding carboxylic acids is 5. The fraction of sp³-hybridized carbons (Fsp3) is 0.792. The highest BCUT2D eigenvalue weighted by atomic mass is 16.6. The van der Waals surface area contributed by atoms with Gasteiger partial charge in [-0.15, -0.1) is 0 Å². The number of carbonyl (C=O) groups is 5. The lowest BCUT2D eigenvalue weighted by Crippen LogP contribution is -2.53. The Morgan fingerprint density at radius 2 is 0.971 bits per heavy atom. The van der Waals surface area contributed by atoms with Gasteiger partial charge < -0.3 is 29.6 Å². The van der Waals surface area contributed by atoms with Crippen molar-refractivity contribution >= 4 is 29.7 Å². The highest BCUT2D eigenvalue weighted by Gasteiger charge is 2.31. The SMILES string of the molecule is CC(=O)CC[C@H](NC(=O)N[C@@H](CCC(=O)OC(C)(C)C)C(=O)OC(C)(C)C)C(=O)OC(C)(C)C. The van der Waals surface area contributed by atoms with E-state index in [0.717, 1.165) is 0 Å². The van der Waals surface area contributed by atoms with Crippen LogP contribution in [0, 0.1) is 0 Å². The van der Waals surface area contributed by atoms with Gasteiger partial charge in [-0.25, -0.2) is 14.4 Å². The molecule has 0 aromatic rings. The van der Waals surface area contributed by atoms with Crippen LogP contribution in [-0.2, 0) is 33.4 Å². The number of amides is 2. The molecule has 0 radical (unpaired) electrons. The Hall–Kier alpha value is -2.65. The topological polar surface area (TPSA) is 137 Å². The lowest BCUT2D eigenvalue weighted by Gasteiger charge is -2.27. The van der Waals surface area contributed by atoms with Gasteiger partial charge in [-0.05, 0) is 82.1 Å². The van der Waals surface area contributed by atoms with Crippen LogP contribution in [0.1, 0.15) is 94.9 Å². The summed E-state index contributed by atoms with van der Waals surface area (Å²) in [7, 11) is 0. The van der Waals surface area contributed by atoms with E-state index in [-0.39, 0.29) is 31.5 Å². The van der Waals surface area contributed by atoms with Gasteiger partial charge in [0.15, 0.2) is 0 Å². The highest BCUT2D eigenvalue weighted by Crippen LogP contribution is 2.14. The Balaban J connectivity index is 5.43. The van der Waals surface area contributed by atoms with Crippen molar-refractivity contribution in [1.29, 1.82) is 0 Å². The van der Waals surface area contributed by atoms with Gasteiger partial charge in [-0.3, -0.25) is 4.79 Å². The average Bonchev–Trinajstić information content (AvgIpc) is 2.57. The number of hydrogen-bond donors (Lipinski definition) is 2. The lowest BCUT2D eigenvalue weighted by molar-refractivity contribution is -0.159. The Kier molecular flexibility index (Phi) is 11.7. The van der Waals surface area contributed by atoms with Crippen molar-refractivity contribution in [2.75, 3.05) is 0 Å². The molecular weight excluding hydrogens is 444 g/mol. The van der Waals surface area contributed by atoms with Gasteiger partial charge in [-0.2, -0.15) is 0 Å². The van der Waals surface area contributed by atoms with Crippen molar-refractivity contribution in [2.45, 2.75) is 124 Å². The molecule has 0 fully saturated rings. The summed E-state index contributed by atoms with van der Waals surface area (Å²) in [4.78, 5) is 61.4. The molecule has 10 heteroatoms. The van der Waals surface area contributed by atoms with Gasteiger partial charge in [0.05, 0.1) is 0 Å². The summed E-state index contributed by atoms with van der Waals surface area (Å²) in [6.45, 7) is 16.6. The number of Topliss-reactive ketones (excluding diaryl/α,β-unsaturated/α-hetero) is 1. The number of urea groups is 1. The van der Waals surface area contributed by atoms with E-state index < -0.39 is 52.8 Å². The molecule has 0 spiro atoms. The van der Waals surface area contributed by atoms with Crippen molar-refractivity contribution in [3.05, 3.63) is 0 Å². The lowest BCUT2D eigenvalue weighted by atomic mass is 10.1. The quantitative estimate of drug-likeness (QED) is 0.355. The zero-order chi connectivity index (χ0) is 26.9. The highest BCUT2D eigenvalue weighted by molar-refractivity contribution is 5.88. The van der Waals surface area contributed by atoms with Gasteiger partial charge >= 0.3 is 23.9 Å². The summed E-state index contributed by atoms with van der Waals surface area (Å²) in [5.41, 5.74) is -2.31. The first-order valence-electron chi connectivity index (χ1n) is 11.4. The number of rotatable bonds is 10. The van der Waals surface area contributed by atoms with Crippen LogP contribution >= 0.6 is 0 Å². The molecule has 0 aromatic heterocycles. The second-order valence-corrected chi connectivity index (χ2v) is 11.2. The van der Waals surface area contributed by atoms with Crippen LogP contribution in [0.2, 0.25) is 0 Å². The van der Waals surface area contributed by atoms with Crippen LogP contribution in [-0.4, -0.2) is 58.6 Å². The molecule has 2 amide bonds. The third-order valence-electron chi connectivity index (χ3n) is 3.84. The van der Waals surface area contributed by atoms with Crippen LogP contribution in [0.15, 0.2) is 0 Å². The molecule has 2 atom stereocenters. The molecule has 0 unspecified atom stereocenters. The third kappa shape index (κ3) is 16.0. The zero-order valence-electron chi connectivity index (χ0n) is 22.2. The molecule has 0 saturated carbocycles. The van der Waals surface area contributed by atoms with Crippen LogP contribution < -0.4 is 10.6 Å². The van der Waals surface area contributed by atoms with Crippen molar-refractivity contribution in [3.8, 4) is 0 Å². The largest absolute Gasteiger partial charge is 0.460 e. The minimum absolute atomic E-state index is 0.0344. The molecule has 0 aliphatic carbocycles. The summed E-state index contributed by atoms with van der Waals surface area (Å²) >= 11 is 0. The number of nitrogens with one attached hydrogen (secondary N) is 2. The van der Waals surface area contributed by atoms with E-state index in [4.69, 9.17) is 14.2 Å². The average molecular weight is 487 g/mol. The molecule has 0 aliphatic heterocycles. The maximum Gasteiger partial charge on any atom is 0.329 e. The first kappa shape index (κ1) is 31.4. The number of ketones is 1. The number of ether oxygens (including phenoxy) is 3. The zero-order valence-corrected chi connectivity index (χ0v) is 22.2. The smallest absolute Gasteiger partial charge is 0.329 e. The normalized spacial score (nSPS) is 13.8. The predicted octanol–water partition coefficient (Wildman–Crippen LogP) is 3.20. The third-order valence-corrected chi connectivity index (χ3v) is 3.84. The first-order valence-corrected chi connectivity index (χ1v) is 11.4. The number of hydrogen-bond acceptors (Lipinski definition) is 8. The second-order valence-electron chi connectivity index (χ2n) is 11.2. The molecule has 34 heavy (non-hydrogen) atoms. The Bertz CT molecular complexity index is 742. The van der Waals surface area contributed by atoms with E-state index in [2.05, 4.69) is 10.6 Å². The molecule has 10 nitrogen and oxygen atoms in total. The Labute approximate surface area is 202 Å². The minimum Gasteiger partial charge on any atom is -0.460 e. The van der Waals surface area contributed by atoms with Crippen molar-refractivity contribution in [2.24, 2.45) is 0 Å². The van der Waals surface area contributed by atoms with Gasteiger partial charge in [0.25, 0.3) is 0 Å². The number of esters is 3. The van der Waals surface area contributed by atoms with E-state index in [0.29, 0.717) is 0 Å². The summed E-state index contributed by atoms with van der Waals surface area (Å²) in [6.07, 6.45) is -0.117. The first-order chi connectivity index (χ1) is 15.2. The van der Waals surface area contributed by atoms with E-state index in [1.807, 2.05) is 0 Å². The maximum atomic E-state index is 12.7. The molecule has 0 heterocycles. The Morgan fingerprint density at radius 1 is 0.618 bits per heavy atom. The summed E-state index contributed by atoms with van der Waals surface area (Å²) in [5.74, 6) is -2.12. The Morgan fingerprint density at radius 3 is 1.29 bits per heavy atom. The molecule has 2 N–H and O–H groups in total. The van der Waals surface area contributed by atoms with Gasteiger partial charge in [0.2, 0.25) is 0 Å². The van der Waals surface area contributed by atoms with Gasteiger partial charge in [0, 0.05) is 12.8 Å². The van der Waals surface area contributed by atoms with Gasteiger partial charge in [-0.1, -0.05) is 0 Å². The van der Waals surface area contributed by atoms with Crippen LogP contribution in [0.3, 0.4) is 0 Å². The van der Waals surface area contributed by atoms with Gasteiger partial charge in [0.1, 0.15) is 34.7 Å².